The number of aromatic nitrogens is 2. The van der Waals surface area contributed by atoms with Gasteiger partial charge in [0.2, 0.25) is 0 Å². The first-order chi connectivity index (χ1) is 21.8. The lowest BCUT2D eigenvalue weighted by molar-refractivity contribution is -0.139. The fourth-order valence-corrected chi connectivity index (χ4v) is 7.30. The number of esters is 1. The Hall–Kier alpha value is -3.92. The summed E-state index contributed by atoms with van der Waals surface area (Å²) in [7, 11) is 1.58. The quantitative estimate of drug-likeness (QED) is 0.155. The molecule has 1 atom stereocenters. The molecule has 6 rings (SSSR count). The van der Waals surface area contributed by atoms with Gasteiger partial charge in [-0.3, -0.25) is 9.36 Å². The number of methoxy groups -OCH3 is 1. The molecular weight excluding hydrogens is 674 g/mol. The predicted molar refractivity (Wildman–Crippen MR) is 183 cm³/mol. The van der Waals surface area contributed by atoms with Crippen LogP contribution in [0.2, 0.25) is 5.02 Å². The number of para-hydroxylation sites is 1. The molecule has 5 aromatic rings. The Morgan fingerprint density at radius 3 is 2.62 bits per heavy atom. The number of hydrogen-bond acceptors (Lipinski definition) is 6. The van der Waals surface area contributed by atoms with Gasteiger partial charge in [-0.1, -0.05) is 82.5 Å². The van der Waals surface area contributed by atoms with E-state index in [-0.39, 0.29) is 12.2 Å². The van der Waals surface area contributed by atoms with Gasteiger partial charge >= 0.3 is 5.97 Å². The molecule has 0 N–H and O–H groups in total. The van der Waals surface area contributed by atoms with Gasteiger partial charge in [-0.2, -0.15) is 0 Å². The molecule has 230 valence electrons. The van der Waals surface area contributed by atoms with Crippen molar-refractivity contribution in [2.75, 3.05) is 13.7 Å². The highest BCUT2D eigenvalue weighted by molar-refractivity contribution is 9.10. The number of benzene rings is 3. The van der Waals surface area contributed by atoms with Crippen LogP contribution in [0.25, 0.3) is 17.0 Å². The van der Waals surface area contributed by atoms with Gasteiger partial charge in [-0.15, -0.1) is 0 Å². The van der Waals surface area contributed by atoms with Crippen molar-refractivity contribution in [2.24, 2.45) is 4.99 Å². The van der Waals surface area contributed by atoms with Crippen molar-refractivity contribution in [1.82, 2.24) is 9.13 Å². The van der Waals surface area contributed by atoms with Crippen molar-refractivity contribution in [1.29, 1.82) is 0 Å². The van der Waals surface area contributed by atoms with Crippen LogP contribution in [0.15, 0.2) is 98.5 Å². The molecule has 0 fully saturated rings. The molecule has 0 bridgehead atoms. The first-order valence-electron chi connectivity index (χ1n) is 14.7. The summed E-state index contributed by atoms with van der Waals surface area (Å²) in [5, 5.41) is 1.72. The SMILES string of the molecule is CCCC1=C(C(=O)OCC)[C@H](c2cc(Br)ccc2OC)n2c(s/c(=C/c3cn(Cc4ccc(Cl)cc4)c4ccccc34)c2=O)=N1. The molecule has 45 heavy (non-hydrogen) atoms. The van der Waals surface area contributed by atoms with Crippen LogP contribution < -0.4 is 19.6 Å². The maximum absolute atomic E-state index is 14.4. The Morgan fingerprint density at radius 1 is 1.11 bits per heavy atom. The normalized spacial score (nSPS) is 14.9. The largest absolute Gasteiger partial charge is 0.496 e. The number of halogens is 2. The van der Waals surface area contributed by atoms with Gasteiger partial charge in [0.1, 0.15) is 11.8 Å². The van der Waals surface area contributed by atoms with Gasteiger partial charge in [0.25, 0.3) is 5.56 Å². The van der Waals surface area contributed by atoms with E-state index in [1.54, 1.807) is 18.6 Å². The van der Waals surface area contributed by atoms with Crippen molar-refractivity contribution in [3.05, 3.63) is 130 Å². The van der Waals surface area contributed by atoms with E-state index in [0.717, 1.165) is 32.9 Å². The fraction of sp³-hybridized carbons (Fsp3) is 0.229. The Labute approximate surface area is 277 Å². The van der Waals surface area contributed by atoms with Gasteiger partial charge in [0.15, 0.2) is 4.80 Å². The molecule has 0 saturated heterocycles. The van der Waals surface area contributed by atoms with Crippen LogP contribution in [0.4, 0.5) is 0 Å². The first kappa shape index (κ1) is 31.1. The number of thiazole rings is 1. The maximum atomic E-state index is 14.4. The summed E-state index contributed by atoms with van der Waals surface area (Å²) in [4.78, 5) is 33.4. The van der Waals surface area contributed by atoms with Crippen LogP contribution >= 0.6 is 38.9 Å². The standard InChI is InChI=1S/C35H31BrClN3O4S/c1-4-8-27-31(34(42)44-5-2)32(26-18-23(36)13-16-29(26)43-3)40-33(41)30(45-35(40)38-27)17-22-20-39(28-10-7-6-9-25(22)28)19-21-11-14-24(37)15-12-21/h6-7,9-18,20,32H,4-5,8,19H2,1-3H3/b30-17+/t32-/m0/s1. The van der Waals surface area contributed by atoms with E-state index in [1.807, 2.05) is 67.6 Å². The minimum absolute atomic E-state index is 0.203. The van der Waals surface area contributed by atoms with Crippen molar-refractivity contribution in [3.63, 3.8) is 0 Å². The molecule has 0 spiro atoms. The number of carbonyl (C=O) groups excluding carboxylic acids is 1. The van der Waals surface area contributed by atoms with Crippen molar-refractivity contribution >= 4 is 61.8 Å². The lowest BCUT2D eigenvalue weighted by atomic mass is 9.93. The summed E-state index contributed by atoms with van der Waals surface area (Å²) in [6.45, 7) is 4.66. The summed E-state index contributed by atoms with van der Waals surface area (Å²) in [5.74, 6) is 0.0684. The Bertz CT molecular complexity index is 2130. The average molecular weight is 705 g/mol. The second-order valence-electron chi connectivity index (χ2n) is 10.7. The molecule has 1 aliphatic heterocycles. The molecule has 0 unspecified atom stereocenters. The second kappa shape index (κ2) is 13.2. The molecule has 3 heterocycles. The summed E-state index contributed by atoms with van der Waals surface area (Å²) in [5.41, 5.74) is 4.49. The third kappa shape index (κ3) is 6.04. The molecular formula is C35H31BrClN3O4S. The summed E-state index contributed by atoms with van der Waals surface area (Å²) < 4.78 is 16.4. The molecule has 0 radical (unpaired) electrons. The zero-order chi connectivity index (χ0) is 31.7. The van der Waals surface area contributed by atoms with Crippen LogP contribution in [0.1, 0.15) is 49.4 Å². The van der Waals surface area contributed by atoms with Gasteiger partial charge < -0.3 is 14.0 Å². The van der Waals surface area contributed by atoms with Gasteiger partial charge in [-0.25, -0.2) is 9.79 Å². The van der Waals surface area contributed by atoms with Crippen molar-refractivity contribution in [3.8, 4) is 5.75 Å². The van der Waals surface area contributed by atoms with E-state index < -0.39 is 12.0 Å². The van der Waals surface area contributed by atoms with E-state index >= 15 is 0 Å². The van der Waals surface area contributed by atoms with Crippen molar-refractivity contribution in [2.45, 2.75) is 39.3 Å². The Balaban J connectivity index is 1.56. The molecule has 3 aromatic carbocycles. The highest BCUT2D eigenvalue weighted by Crippen LogP contribution is 2.38. The van der Waals surface area contributed by atoms with Crippen LogP contribution in [-0.4, -0.2) is 28.8 Å². The lowest BCUT2D eigenvalue weighted by Gasteiger charge is -2.27. The van der Waals surface area contributed by atoms with Gasteiger partial charge in [-0.05, 0) is 61.4 Å². The highest BCUT2D eigenvalue weighted by Gasteiger charge is 2.36. The zero-order valence-electron chi connectivity index (χ0n) is 25.1. The number of hydrogen-bond donors (Lipinski definition) is 0. The van der Waals surface area contributed by atoms with E-state index in [1.165, 1.54) is 11.3 Å². The third-order valence-corrected chi connectivity index (χ3v) is 9.48. The smallest absolute Gasteiger partial charge is 0.338 e. The number of rotatable bonds is 9. The molecule has 0 saturated carbocycles. The highest BCUT2D eigenvalue weighted by atomic mass is 79.9. The number of fused-ring (bicyclic) bond motifs is 2. The minimum atomic E-state index is -0.775. The van der Waals surface area contributed by atoms with E-state index in [4.69, 9.17) is 26.1 Å². The van der Waals surface area contributed by atoms with Gasteiger partial charge in [0.05, 0.1) is 29.5 Å². The topological polar surface area (TPSA) is 74.8 Å². The van der Waals surface area contributed by atoms with E-state index in [0.29, 0.717) is 49.9 Å². The summed E-state index contributed by atoms with van der Waals surface area (Å²) in [6.07, 6.45) is 5.32. The fourth-order valence-electron chi connectivity index (χ4n) is 5.78. The van der Waals surface area contributed by atoms with Crippen LogP contribution in [0.3, 0.4) is 0 Å². The van der Waals surface area contributed by atoms with Crippen LogP contribution in [0.5, 0.6) is 5.75 Å². The Kier molecular flexibility index (Phi) is 9.12. The average Bonchev–Trinajstić information content (AvgIpc) is 3.54. The van der Waals surface area contributed by atoms with Crippen LogP contribution in [0, 0.1) is 0 Å². The molecule has 7 nitrogen and oxygen atoms in total. The number of nitrogens with zero attached hydrogens (tertiary/aromatic N) is 3. The monoisotopic (exact) mass is 703 g/mol. The first-order valence-corrected chi connectivity index (χ1v) is 16.7. The van der Waals surface area contributed by atoms with E-state index in [2.05, 4.69) is 38.8 Å². The van der Waals surface area contributed by atoms with E-state index in [9.17, 15) is 9.59 Å². The minimum Gasteiger partial charge on any atom is -0.496 e. The number of allylic oxidation sites excluding steroid dienone is 1. The predicted octanol–water partition coefficient (Wildman–Crippen LogP) is 7.01. The molecule has 0 aliphatic carbocycles. The molecule has 10 heteroatoms. The van der Waals surface area contributed by atoms with Gasteiger partial charge in [0, 0.05) is 44.3 Å². The Morgan fingerprint density at radius 2 is 1.89 bits per heavy atom. The third-order valence-electron chi connectivity index (χ3n) is 7.75. The summed E-state index contributed by atoms with van der Waals surface area (Å²) in [6, 6.07) is 20.8. The lowest BCUT2D eigenvalue weighted by Crippen LogP contribution is -2.40. The maximum Gasteiger partial charge on any atom is 0.338 e. The second-order valence-corrected chi connectivity index (χ2v) is 13.0. The molecule has 2 aromatic heterocycles. The van der Waals surface area contributed by atoms with Crippen molar-refractivity contribution < 1.29 is 14.3 Å². The number of carbonyl (C=O) groups is 1. The van der Waals surface area contributed by atoms with Crippen LogP contribution in [-0.2, 0) is 16.1 Å². The summed E-state index contributed by atoms with van der Waals surface area (Å²) >= 11 is 11.0. The number of ether oxygens (including phenoxy) is 2. The molecule has 1 aliphatic rings. The molecule has 0 amide bonds. The zero-order valence-corrected chi connectivity index (χ0v) is 28.2.